The summed E-state index contributed by atoms with van der Waals surface area (Å²) >= 11 is 0. The molecule has 0 fully saturated rings. The molecule has 0 saturated carbocycles. The molecule has 5 nitrogen and oxygen atoms in total. The molecular weight excluding hydrogens is 351 g/mol. The molecule has 1 aliphatic carbocycles. The van der Waals surface area contributed by atoms with Gasteiger partial charge in [-0.05, 0) is 12.1 Å². The van der Waals surface area contributed by atoms with Crippen molar-refractivity contribution in [3.63, 3.8) is 0 Å². The van der Waals surface area contributed by atoms with Crippen molar-refractivity contribution in [2.45, 2.75) is 17.6 Å². The summed E-state index contributed by atoms with van der Waals surface area (Å²) < 4.78 is 73.4. The van der Waals surface area contributed by atoms with Crippen LogP contribution in [0, 0.1) is 17.1 Å². The lowest BCUT2D eigenvalue weighted by Crippen LogP contribution is -2.48. The van der Waals surface area contributed by atoms with E-state index in [9.17, 15) is 32.2 Å². The van der Waals surface area contributed by atoms with Crippen molar-refractivity contribution >= 4 is 0 Å². The first-order chi connectivity index (χ1) is 11.5. The van der Waals surface area contributed by atoms with E-state index in [0.717, 1.165) is 24.5 Å². The Morgan fingerprint density at radius 2 is 1.80 bits per heavy atom. The molecule has 0 spiro atoms. The van der Waals surface area contributed by atoms with Crippen LogP contribution in [0.2, 0.25) is 0 Å². The number of aromatic nitrogens is 1. The summed E-state index contributed by atoms with van der Waals surface area (Å²) in [7, 11) is 0. The maximum atomic E-state index is 13.9. The fourth-order valence-electron chi connectivity index (χ4n) is 2.52. The van der Waals surface area contributed by atoms with Gasteiger partial charge in [-0.15, -0.1) is 0 Å². The Labute approximate surface area is 136 Å². The minimum atomic E-state index is -5.27. The number of halogens is 5. The smallest absolute Gasteiger partial charge is 0.371 e. The van der Waals surface area contributed by atoms with E-state index in [4.69, 9.17) is 10.00 Å². The van der Waals surface area contributed by atoms with Crippen LogP contribution in [0.5, 0.6) is 11.5 Å². The lowest BCUT2D eigenvalue weighted by atomic mass is 9.99. The molecular formula is C15H7F5N2O3. The van der Waals surface area contributed by atoms with Gasteiger partial charge < -0.3 is 14.9 Å². The molecule has 2 N–H and O–H groups in total. The van der Waals surface area contributed by atoms with E-state index in [2.05, 4.69) is 4.98 Å². The molecule has 1 aromatic heterocycles. The summed E-state index contributed by atoms with van der Waals surface area (Å²) in [4.78, 5) is 3.46. The van der Waals surface area contributed by atoms with Gasteiger partial charge in [0.2, 0.25) is 0 Å². The number of alkyl halides is 4. The highest BCUT2D eigenvalue weighted by atomic mass is 19.3. The third-order valence-electron chi connectivity index (χ3n) is 3.71. The molecule has 0 atom stereocenters. The molecule has 0 radical (unpaired) electrons. The number of benzene rings is 1. The van der Waals surface area contributed by atoms with Gasteiger partial charge in [-0.3, -0.25) is 4.98 Å². The van der Waals surface area contributed by atoms with Crippen LogP contribution >= 0.6 is 0 Å². The molecule has 0 aliphatic heterocycles. The average Bonchev–Trinajstić information content (AvgIpc) is 2.63. The summed E-state index contributed by atoms with van der Waals surface area (Å²) in [6.07, 6.45) is 1.86. The molecule has 1 heterocycles. The molecule has 0 amide bonds. The quantitative estimate of drug-likeness (QED) is 0.637. The predicted molar refractivity (Wildman–Crippen MR) is 70.4 cm³/mol. The molecule has 2 aromatic rings. The van der Waals surface area contributed by atoms with E-state index in [-0.39, 0.29) is 5.75 Å². The van der Waals surface area contributed by atoms with E-state index < -0.39 is 45.9 Å². The van der Waals surface area contributed by atoms with Crippen LogP contribution in [0.3, 0.4) is 0 Å². The normalized spacial score (nSPS) is 19.1. The van der Waals surface area contributed by atoms with Crippen molar-refractivity contribution in [2.75, 3.05) is 0 Å². The van der Waals surface area contributed by atoms with E-state index in [0.29, 0.717) is 6.07 Å². The Morgan fingerprint density at radius 1 is 1.12 bits per heavy atom. The molecule has 10 heteroatoms. The van der Waals surface area contributed by atoms with E-state index in [1.807, 2.05) is 0 Å². The lowest BCUT2D eigenvalue weighted by Gasteiger charge is -2.27. The Hall–Kier alpha value is -2.77. The molecule has 130 valence electrons. The largest absolute Gasteiger partial charge is 0.454 e. The monoisotopic (exact) mass is 358 g/mol. The Kier molecular flexibility index (Phi) is 3.49. The van der Waals surface area contributed by atoms with Gasteiger partial charge in [0.15, 0.2) is 0 Å². The van der Waals surface area contributed by atoms with Crippen LogP contribution in [0.1, 0.15) is 16.7 Å². The van der Waals surface area contributed by atoms with Gasteiger partial charge in [-0.1, -0.05) is 0 Å². The standard InChI is InChI=1S/C15H7F5N2O3/c16-7-3-8(6-22-5-7)25-11-2-1-10-12(9(11)4-21)14(23,24)15(19,20)13(10,17)18/h1-3,5-6,23-24H. The maximum absolute atomic E-state index is 13.9. The van der Waals surface area contributed by atoms with Gasteiger partial charge in [0.1, 0.15) is 28.9 Å². The van der Waals surface area contributed by atoms with Crippen LogP contribution in [-0.4, -0.2) is 21.1 Å². The molecule has 1 aromatic carbocycles. The summed E-state index contributed by atoms with van der Waals surface area (Å²) in [5.41, 5.74) is -3.72. The zero-order chi connectivity index (χ0) is 18.6. The highest BCUT2D eigenvalue weighted by molar-refractivity contribution is 5.60. The van der Waals surface area contributed by atoms with Crippen LogP contribution in [-0.2, 0) is 11.7 Å². The minimum Gasteiger partial charge on any atom is -0.454 e. The van der Waals surface area contributed by atoms with Gasteiger partial charge in [0, 0.05) is 17.2 Å². The maximum Gasteiger partial charge on any atom is 0.371 e. The van der Waals surface area contributed by atoms with Crippen LogP contribution < -0.4 is 4.74 Å². The topological polar surface area (TPSA) is 86.4 Å². The Balaban J connectivity index is 2.20. The fraction of sp³-hybridized carbons (Fsp3) is 0.200. The van der Waals surface area contributed by atoms with Crippen molar-refractivity contribution < 1.29 is 36.9 Å². The van der Waals surface area contributed by atoms with Crippen LogP contribution in [0.25, 0.3) is 0 Å². The second kappa shape index (κ2) is 5.11. The third kappa shape index (κ3) is 2.16. The van der Waals surface area contributed by atoms with E-state index in [1.165, 1.54) is 6.07 Å². The molecule has 0 bridgehead atoms. The van der Waals surface area contributed by atoms with Crippen molar-refractivity contribution in [3.8, 4) is 17.6 Å². The number of ether oxygens (including phenoxy) is 1. The highest BCUT2D eigenvalue weighted by Gasteiger charge is 2.77. The van der Waals surface area contributed by atoms with Crippen LogP contribution in [0.15, 0.2) is 30.6 Å². The first-order valence-electron chi connectivity index (χ1n) is 6.61. The highest BCUT2D eigenvalue weighted by Crippen LogP contribution is 2.60. The van der Waals surface area contributed by atoms with Gasteiger partial charge in [0.25, 0.3) is 5.79 Å². The van der Waals surface area contributed by atoms with Crippen molar-refractivity contribution in [3.05, 3.63) is 53.1 Å². The second-order valence-corrected chi connectivity index (χ2v) is 5.23. The first-order valence-corrected chi connectivity index (χ1v) is 6.61. The third-order valence-corrected chi connectivity index (χ3v) is 3.71. The lowest BCUT2D eigenvalue weighted by molar-refractivity contribution is -0.357. The summed E-state index contributed by atoms with van der Waals surface area (Å²) in [6.45, 7) is 0. The predicted octanol–water partition coefficient (Wildman–Crippen LogP) is 2.76. The number of rotatable bonds is 2. The van der Waals surface area contributed by atoms with Gasteiger partial charge in [0.05, 0.1) is 12.4 Å². The molecule has 0 saturated heterocycles. The van der Waals surface area contributed by atoms with E-state index in [1.54, 1.807) is 0 Å². The van der Waals surface area contributed by atoms with Crippen LogP contribution in [0.4, 0.5) is 22.0 Å². The zero-order valence-corrected chi connectivity index (χ0v) is 12.0. The molecule has 0 unspecified atom stereocenters. The molecule has 1 aliphatic rings. The number of pyridine rings is 1. The summed E-state index contributed by atoms with van der Waals surface area (Å²) in [5, 5.41) is 28.4. The first kappa shape index (κ1) is 17.1. The van der Waals surface area contributed by atoms with Gasteiger partial charge in [-0.2, -0.15) is 22.8 Å². The number of fused-ring (bicyclic) bond motifs is 1. The molecule has 3 rings (SSSR count). The number of aliphatic hydroxyl groups is 2. The van der Waals surface area contributed by atoms with Crippen molar-refractivity contribution in [2.24, 2.45) is 0 Å². The summed E-state index contributed by atoms with van der Waals surface area (Å²) in [5.74, 6) is -16.1. The van der Waals surface area contributed by atoms with E-state index >= 15 is 0 Å². The Morgan fingerprint density at radius 3 is 2.40 bits per heavy atom. The van der Waals surface area contributed by atoms with Crippen molar-refractivity contribution in [1.29, 1.82) is 5.26 Å². The number of nitriles is 1. The Bertz CT molecular complexity index is 909. The zero-order valence-electron chi connectivity index (χ0n) is 12.0. The summed E-state index contributed by atoms with van der Waals surface area (Å²) in [6, 6.07) is 3.44. The SMILES string of the molecule is N#Cc1c(Oc2cncc(F)c2)ccc2c1C(O)(O)C(F)(F)C2(F)F. The number of hydrogen-bond donors (Lipinski definition) is 2. The minimum absolute atomic E-state index is 0.255. The number of hydrogen-bond acceptors (Lipinski definition) is 5. The van der Waals surface area contributed by atoms with Gasteiger partial charge in [-0.25, -0.2) is 4.39 Å². The van der Waals surface area contributed by atoms with Crippen molar-refractivity contribution in [1.82, 2.24) is 4.98 Å². The number of nitrogens with zero attached hydrogens (tertiary/aromatic N) is 2. The fourth-order valence-corrected chi connectivity index (χ4v) is 2.52. The second-order valence-electron chi connectivity index (χ2n) is 5.23. The average molecular weight is 358 g/mol. The van der Waals surface area contributed by atoms with Gasteiger partial charge >= 0.3 is 11.8 Å². The molecule has 25 heavy (non-hydrogen) atoms.